The van der Waals surface area contributed by atoms with Gasteiger partial charge in [0.1, 0.15) is 6.61 Å². The number of rotatable bonds is 11. The molecule has 2 aromatic carbocycles. The molecule has 3 heteroatoms. The second-order valence-corrected chi connectivity index (χ2v) is 6.32. The first-order valence-corrected chi connectivity index (χ1v) is 9.47. The molecule has 0 aliphatic heterocycles. The standard InChI is InChI=1S/C20H25BrO2/c21-15-9-2-1-3-10-16-22-19-13-7-8-14-20(19)23-17-18-11-5-4-6-12-18/h4-8,11-14H,1-3,9-10,15-17H2. The number of hydrogen-bond acceptors (Lipinski definition) is 2. The van der Waals surface area contributed by atoms with Crippen LogP contribution in [0.3, 0.4) is 0 Å². The monoisotopic (exact) mass is 376 g/mol. The summed E-state index contributed by atoms with van der Waals surface area (Å²) in [7, 11) is 0. The molecule has 0 aliphatic carbocycles. The molecule has 0 fully saturated rings. The summed E-state index contributed by atoms with van der Waals surface area (Å²) in [4.78, 5) is 0. The van der Waals surface area contributed by atoms with Gasteiger partial charge in [-0.25, -0.2) is 0 Å². The normalized spacial score (nSPS) is 10.5. The van der Waals surface area contributed by atoms with Crippen molar-refractivity contribution in [1.29, 1.82) is 0 Å². The number of alkyl halides is 1. The molecular weight excluding hydrogens is 352 g/mol. The fourth-order valence-corrected chi connectivity index (χ4v) is 2.73. The van der Waals surface area contributed by atoms with Crippen molar-refractivity contribution in [3.05, 3.63) is 60.2 Å². The summed E-state index contributed by atoms with van der Waals surface area (Å²) >= 11 is 3.46. The third-order valence-electron chi connectivity index (χ3n) is 3.62. The van der Waals surface area contributed by atoms with E-state index in [1.165, 1.54) is 25.7 Å². The third kappa shape index (κ3) is 7.08. The van der Waals surface area contributed by atoms with Crippen molar-refractivity contribution in [2.75, 3.05) is 11.9 Å². The Balaban J connectivity index is 1.74. The molecule has 2 nitrogen and oxygen atoms in total. The summed E-state index contributed by atoms with van der Waals surface area (Å²) in [6.45, 7) is 1.31. The minimum Gasteiger partial charge on any atom is -0.490 e. The van der Waals surface area contributed by atoms with Crippen molar-refractivity contribution in [2.45, 2.75) is 38.7 Å². The maximum atomic E-state index is 5.90. The molecule has 0 amide bonds. The third-order valence-corrected chi connectivity index (χ3v) is 4.18. The van der Waals surface area contributed by atoms with Crippen LogP contribution in [0.15, 0.2) is 54.6 Å². The Hall–Kier alpha value is -1.48. The van der Waals surface area contributed by atoms with E-state index >= 15 is 0 Å². The largest absolute Gasteiger partial charge is 0.490 e. The van der Waals surface area contributed by atoms with E-state index in [1.807, 2.05) is 42.5 Å². The predicted molar refractivity (Wildman–Crippen MR) is 99.6 cm³/mol. The molecule has 2 aromatic rings. The van der Waals surface area contributed by atoms with E-state index in [0.717, 1.165) is 35.4 Å². The maximum absolute atomic E-state index is 5.90. The molecule has 0 saturated heterocycles. The Morgan fingerprint density at radius 1 is 0.652 bits per heavy atom. The highest BCUT2D eigenvalue weighted by Crippen LogP contribution is 2.27. The Bertz CT molecular complexity index is 542. The molecule has 0 atom stereocenters. The van der Waals surface area contributed by atoms with Crippen LogP contribution in [0.5, 0.6) is 11.5 Å². The van der Waals surface area contributed by atoms with Crippen LogP contribution in [-0.2, 0) is 6.61 Å². The first-order chi connectivity index (χ1) is 11.4. The number of benzene rings is 2. The lowest BCUT2D eigenvalue weighted by Crippen LogP contribution is -2.01. The van der Waals surface area contributed by atoms with E-state index in [2.05, 4.69) is 28.1 Å². The van der Waals surface area contributed by atoms with Gasteiger partial charge in [0.25, 0.3) is 0 Å². The zero-order chi connectivity index (χ0) is 16.2. The molecule has 23 heavy (non-hydrogen) atoms. The quantitative estimate of drug-likeness (QED) is 0.354. The smallest absolute Gasteiger partial charge is 0.161 e. The highest BCUT2D eigenvalue weighted by Gasteiger charge is 2.04. The highest BCUT2D eigenvalue weighted by molar-refractivity contribution is 9.09. The lowest BCUT2D eigenvalue weighted by atomic mass is 10.2. The van der Waals surface area contributed by atoms with Crippen molar-refractivity contribution in [1.82, 2.24) is 0 Å². The van der Waals surface area contributed by atoms with Gasteiger partial charge in [0, 0.05) is 5.33 Å². The molecule has 0 radical (unpaired) electrons. The number of para-hydroxylation sites is 2. The van der Waals surface area contributed by atoms with Crippen molar-refractivity contribution in [3.63, 3.8) is 0 Å². The molecule has 0 bridgehead atoms. The minimum absolute atomic E-state index is 0.563. The van der Waals surface area contributed by atoms with Crippen LogP contribution >= 0.6 is 15.9 Å². The molecule has 0 heterocycles. The van der Waals surface area contributed by atoms with Gasteiger partial charge in [-0.1, -0.05) is 77.7 Å². The number of halogens is 1. The average Bonchev–Trinajstić information content (AvgIpc) is 2.61. The lowest BCUT2D eigenvalue weighted by molar-refractivity contribution is 0.257. The second kappa shape index (κ2) is 11.1. The second-order valence-electron chi connectivity index (χ2n) is 5.53. The Morgan fingerprint density at radius 3 is 2.00 bits per heavy atom. The van der Waals surface area contributed by atoms with Crippen LogP contribution in [0, 0.1) is 0 Å². The number of hydrogen-bond donors (Lipinski definition) is 0. The van der Waals surface area contributed by atoms with Crippen LogP contribution in [0.25, 0.3) is 0 Å². The van der Waals surface area contributed by atoms with Crippen molar-refractivity contribution in [2.24, 2.45) is 0 Å². The van der Waals surface area contributed by atoms with Gasteiger partial charge >= 0.3 is 0 Å². The molecule has 2 rings (SSSR count). The van der Waals surface area contributed by atoms with Gasteiger partial charge in [-0.2, -0.15) is 0 Å². The molecule has 0 saturated carbocycles. The molecule has 0 unspecified atom stereocenters. The van der Waals surface area contributed by atoms with Crippen molar-refractivity contribution in [3.8, 4) is 11.5 Å². The van der Waals surface area contributed by atoms with Gasteiger partial charge in [0.2, 0.25) is 0 Å². The van der Waals surface area contributed by atoms with Crippen LogP contribution in [0.2, 0.25) is 0 Å². The summed E-state index contributed by atoms with van der Waals surface area (Å²) < 4.78 is 11.8. The van der Waals surface area contributed by atoms with E-state index in [1.54, 1.807) is 0 Å². The number of unbranched alkanes of at least 4 members (excludes halogenated alkanes) is 4. The topological polar surface area (TPSA) is 18.5 Å². The summed E-state index contributed by atoms with van der Waals surface area (Å²) in [5.74, 6) is 1.65. The van der Waals surface area contributed by atoms with Crippen molar-refractivity contribution >= 4 is 15.9 Å². The van der Waals surface area contributed by atoms with E-state index < -0.39 is 0 Å². The number of ether oxygens (including phenoxy) is 2. The fraction of sp³-hybridized carbons (Fsp3) is 0.400. The van der Waals surface area contributed by atoms with Crippen molar-refractivity contribution < 1.29 is 9.47 Å². The Kier molecular flexibility index (Phi) is 8.64. The molecule has 0 aromatic heterocycles. The zero-order valence-corrected chi connectivity index (χ0v) is 15.1. The summed E-state index contributed by atoms with van der Waals surface area (Å²) in [5.41, 5.74) is 1.16. The van der Waals surface area contributed by atoms with Crippen LogP contribution < -0.4 is 9.47 Å². The first kappa shape index (κ1) is 17.9. The first-order valence-electron chi connectivity index (χ1n) is 8.34. The van der Waals surface area contributed by atoms with E-state index in [-0.39, 0.29) is 0 Å². The van der Waals surface area contributed by atoms with Gasteiger partial charge < -0.3 is 9.47 Å². The summed E-state index contributed by atoms with van der Waals surface area (Å²) in [6.07, 6.45) is 6.15. The molecule has 0 spiro atoms. The van der Waals surface area contributed by atoms with Gasteiger partial charge in [-0.3, -0.25) is 0 Å². The molecular formula is C20H25BrO2. The average molecular weight is 377 g/mol. The Morgan fingerprint density at radius 2 is 1.26 bits per heavy atom. The fourth-order valence-electron chi connectivity index (χ4n) is 2.33. The Labute approximate surface area is 148 Å². The SMILES string of the molecule is BrCCCCCCCOc1ccccc1OCc1ccccc1. The van der Waals surface area contributed by atoms with Crippen LogP contribution in [0.1, 0.15) is 37.7 Å². The van der Waals surface area contributed by atoms with E-state index in [9.17, 15) is 0 Å². The minimum atomic E-state index is 0.563. The van der Waals surface area contributed by atoms with E-state index in [0.29, 0.717) is 6.61 Å². The molecule has 0 N–H and O–H groups in total. The van der Waals surface area contributed by atoms with Crippen LogP contribution in [-0.4, -0.2) is 11.9 Å². The van der Waals surface area contributed by atoms with Gasteiger partial charge in [0.15, 0.2) is 11.5 Å². The maximum Gasteiger partial charge on any atom is 0.161 e. The van der Waals surface area contributed by atoms with Gasteiger partial charge in [-0.15, -0.1) is 0 Å². The summed E-state index contributed by atoms with van der Waals surface area (Å²) in [5, 5.41) is 1.11. The molecule has 124 valence electrons. The summed E-state index contributed by atoms with van der Waals surface area (Å²) in [6, 6.07) is 18.1. The highest BCUT2D eigenvalue weighted by atomic mass is 79.9. The molecule has 0 aliphatic rings. The predicted octanol–water partition coefficient (Wildman–Crippen LogP) is 5.99. The zero-order valence-electron chi connectivity index (χ0n) is 13.5. The van der Waals surface area contributed by atoms with Gasteiger partial charge in [-0.05, 0) is 30.5 Å². The van der Waals surface area contributed by atoms with E-state index in [4.69, 9.17) is 9.47 Å². The lowest BCUT2D eigenvalue weighted by Gasteiger charge is -2.12. The van der Waals surface area contributed by atoms with Crippen LogP contribution in [0.4, 0.5) is 0 Å². The van der Waals surface area contributed by atoms with Gasteiger partial charge in [0.05, 0.1) is 6.61 Å².